The summed E-state index contributed by atoms with van der Waals surface area (Å²) in [7, 11) is 4.98. The molecule has 6 atom stereocenters. The van der Waals surface area contributed by atoms with E-state index in [-0.39, 0.29) is 30.3 Å². The van der Waals surface area contributed by atoms with Gasteiger partial charge in [-0.25, -0.2) is 10.2 Å². The summed E-state index contributed by atoms with van der Waals surface area (Å²) < 4.78 is 18.5. The number of carbonyl (C=O) groups excluding carboxylic acids is 1. The van der Waals surface area contributed by atoms with Gasteiger partial charge in [-0.3, -0.25) is 4.90 Å². The Labute approximate surface area is 191 Å². The molecule has 0 aromatic heterocycles. The molecule has 3 rings (SSSR count). The Morgan fingerprint density at radius 2 is 1.94 bits per heavy atom. The second kappa shape index (κ2) is 11.5. The van der Waals surface area contributed by atoms with Crippen molar-refractivity contribution in [2.75, 3.05) is 27.9 Å². The lowest BCUT2D eigenvalue weighted by molar-refractivity contribution is -0.0361. The standard InChI is InChI=1S/C23H37N3O4S/c1-16-13-19(18-9-7-6-8-10-18)11-12-22(16)30-15-21-20(24-25(3)31-29-5)14-17(2)26(21)23(27)28-4/h6-10,16-17,19-22,24H,11-15H2,1-5H3. The van der Waals surface area contributed by atoms with Gasteiger partial charge in [-0.15, -0.1) is 0 Å². The second-order valence-electron chi connectivity index (χ2n) is 8.77. The predicted octanol–water partition coefficient (Wildman–Crippen LogP) is 4.22. The van der Waals surface area contributed by atoms with Crippen LogP contribution in [0.3, 0.4) is 0 Å². The molecule has 0 spiro atoms. The van der Waals surface area contributed by atoms with Crippen LogP contribution >= 0.6 is 12.2 Å². The van der Waals surface area contributed by atoms with Crippen LogP contribution in [0.1, 0.15) is 51.0 Å². The maximum Gasteiger partial charge on any atom is 0.410 e. The Morgan fingerprint density at radius 1 is 1.19 bits per heavy atom. The molecule has 1 amide bonds. The van der Waals surface area contributed by atoms with Gasteiger partial charge in [0.1, 0.15) is 0 Å². The Morgan fingerprint density at radius 3 is 2.58 bits per heavy atom. The summed E-state index contributed by atoms with van der Waals surface area (Å²) in [6, 6.07) is 10.8. The van der Waals surface area contributed by atoms with Crippen molar-refractivity contribution in [3.63, 3.8) is 0 Å². The number of amides is 1. The summed E-state index contributed by atoms with van der Waals surface area (Å²) >= 11 is 1.23. The summed E-state index contributed by atoms with van der Waals surface area (Å²) in [6.45, 7) is 4.84. The second-order valence-corrected chi connectivity index (χ2v) is 9.80. The monoisotopic (exact) mass is 451 g/mol. The molecule has 1 saturated heterocycles. The first-order valence-corrected chi connectivity index (χ1v) is 11.9. The summed E-state index contributed by atoms with van der Waals surface area (Å²) in [5, 5.41) is 0. The van der Waals surface area contributed by atoms with Crippen LogP contribution in [0.5, 0.6) is 0 Å². The summed E-state index contributed by atoms with van der Waals surface area (Å²) in [5.41, 5.74) is 4.87. The molecule has 1 aromatic carbocycles. The Hall–Kier alpha value is -1.32. The van der Waals surface area contributed by atoms with E-state index in [9.17, 15) is 4.79 Å². The van der Waals surface area contributed by atoms with E-state index in [1.54, 1.807) is 7.11 Å². The van der Waals surface area contributed by atoms with E-state index in [2.05, 4.69) is 49.6 Å². The SMILES string of the molecule is COSN(C)NC1CC(C)N(C(=O)OC)C1COC1CCC(c2ccccc2)CC1C. The van der Waals surface area contributed by atoms with Crippen LogP contribution in [-0.4, -0.2) is 67.5 Å². The van der Waals surface area contributed by atoms with Crippen LogP contribution in [0.4, 0.5) is 4.79 Å². The Kier molecular flexibility index (Phi) is 9.04. The van der Waals surface area contributed by atoms with E-state index in [1.165, 1.54) is 24.9 Å². The van der Waals surface area contributed by atoms with E-state index in [1.807, 2.05) is 16.4 Å². The van der Waals surface area contributed by atoms with Crippen molar-refractivity contribution in [1.29, 1.82) is 0 Å². The predicted molar refractivity (Wildman–Crippen MR) is 123 cm³/mol. The first kappa shape index (κ1) is 24.3. The molecule has 1 aliphatic carbocycles. The van der Waals surface area contributed by atoms with Crippen LogP contribution in [0.15, 0.2) is 30.3 Å². The zero-order chi connectivity index (χ0) is 22.4. The first-order valence-electron chi connectivity index (χ1n) is 11.2. The summed E-state index contributed by atoms with van der Waals surface area (Å²) in [4.78, 5) is 14.3. The molecule has 31 heavy (non-hydrogen) atoms. The van der Waals surface area contributed by atoms with Gasteiger partial charge in [-0.05, 0) is 50.0 Å². The highest BCUT2D eigenvalue weighted by Crippen LogP contribution is 2.38. The number of carbonyl (C=O) groups is 1. The lowest BCUT2D eigenvalue weighted by Gasteiger charge is -2.37. The molecule has 0 bridgehead atoms. The molecule has 1 N–H and O–H groups in total. The number of ether oxygens (including phenoxy) is 2. The fourth-order valence-corrected chi connectivity index (χ4v) is 5.55. The third kappa shape index (κ3) is 6.14. The average molecular weight is 452 g/mol. The molecule has 2 aliphatic rings. The van der Waals surface area contributed by atoms with Gasteiger partial charge in [0.2, 0.25) is 0 Å². The largest absolute Gasteiger partial charge is 0.453 e. The zero-order valence-electron chi connectivity index (χ0n) is 19.3. The minimum absolute atomic E-state index is 0.0673. The van der Waals surface area contributed by atoms with Crippen LogP contribution in [-0.2, 0) is 13.7 Å². The molecule has 0 radical (unpaired) electrons. The number of methoxy groups -OCH3 is 1. The van der Waals surface area contributed by atoms with Gasteiger partial charge in [-0.1, -0.05) is 37.3 Å². The van der Waals surface area contributed by atoms with Crippen molar-refractivity contribution in [3.8, 4) is 0 Å². The summed E-state index contributed by atoms with van der Waals surface area (Å²) in [6.07, 6.45) is 4.05. The Bertz CT molecular complexity index is 695. The van der Waals surface area contributed by atoms with Gasteiger partial charge < -0.3 is 13.7 Å². The van der Waals surface area contributed by atoms with Crippen molar-refractivity contribution >= 4 is 18.3 Å². The van der Waals surface area contributed by atoms with Gasteiger partial charge in [0.05, 0.1) is 45.2 Å². The van der Waals surface area contributed by atoms with Crippen LogP contribution in [0.25, 0.3) is 0 Å². The number of benzene rings is 1. The molecule has 2 fully saturated rings. The van der Waals surface area contributed by atoms with Crippen LogP contribution in [0, 0.1) is 5.92 Å². The van der Waals surface area contributed by atoms with Gasteiger partial charge in [0.25, 0.3) is 0 Å². The van der Waals surface area contributed by atoms with Gasteiger partial charge in [-0.2, -0.15) is 4.41 Å². The minimum Gasteiger partial charge on any atom is -0.453 e. The van der Waals surface area contributed by atoms with Crippen LogP contribution < -0.4 is 5.43 Å². The molecule has 7 nitrogen and oxygen atoms in total. The zero-order valence-corrected chi connectivity index (χ0v) is 20.1. The molecular formula is C23H37N3O4S. The number of rotatable bonds is 8. The van der Waals surface area contributed by atoms with E-state index in [0.717, 1.165) is 25.7 Å². The van der Waals surface area contributed by atoms with E-state index in [4.69, 9.17) is 13.7 Å². The smallest absolute Gasteiger partial charge is 0.410 e. The molecule has 1 saturated carbocycles. The molecule has 6 unspecified atom stereocenters. The highest BCUT2D eigenvalue weighted by molar-refractivity contribution is 7.92. The summed E-state index contributed by atoms with van der Waals surface area (Å²) in [5.74, 6) is 1.07. The third-order valence-corrected chi connectivity index (χ3v) is 7.13. The number of likely N-dealkylation sites (tertiary alicyclic amines) is 1. The maximum atomic E-state index is 12.5. The van der Waals surface area contributed by atoms with E-state index >= 15 is 0 Å². The van der Waals surface area contributed by atoms with E-state index in [0.29, 0.717) is 18.4 Å². The molecule has 8 heteroatoms. The van der Waals surface area contributed by atoms with E-state index < -0.39 is 0 Å². The van der Waals surface area contributed by atoms with Crippen molar-refractivity contribution in [2.45, 2.75) is 69.7 Å². The fraction of sp³-hybridized carbons (Fsp3) is 0.696. The van der Waals surface area contributed by atoms with Gasteiger partial charge in [0.15, 0.2) is 0 Å². The Balaban J connectivity index is 1.61. The number of hydrazine groups is 1. The minimum atomic E-state index is -0.298. The van der Waals surface area contributed by atoms with Gasteiger partial charge >= 0.3 is 6.09 Å². The maximum absolute atomic E-state index is 12.5. The molecule has 174 valence electrons. The van der Waals surface area contributed by atoms with Crippen molar-refractivity contribution in [2.24, 2.45) is 5.92 Å². The van der Waals surface area contributed by atoms with Crippen molar-refractivity contribution in [1.82, 2.24) is 14.7 Å². The highest BCUT2D eigenvalue weighted by Gasteiger charge is 2.44. The fourth-order valence-electron chi connectivity index (χ4n) is 5.15. The van der Waals surface area contributed by atoms with Gasteiger partial charge in [0, 0.05) is 19.1 Å². The third-order valence-electron chi connectivity index (χ3n) is 6.65. The first-order chi connectivity index (χ1) is 14.9. The molecular weight excluding hydrogens is 414 g/mol. The topological polar surface area (TPSA) is 63.3 Å². The molecule has 1 heterocycles. The highest BCUT2D eigenvalue weighted by atomic mass is 32.2. The molecule has 1 aromatic rings. The average Bonchev–Trinajstić information content (AvgIpc) is 3.07. The number of hydrogen-bond donors (Lipinski definition) is 1. The number of hydrogen-bond acceptors (Lipinski definition) is 7. The molecule has 1 aliphatic heterocycles. The van der Waals surface area contributed by atoms with Crippen LogP contribution in [0.2, 0.25) is 0 Å². The normalized spacial score (nSPS) is 31.2. The number of nitrogens with zero attached hydrogens (tertiary/aromatic N) is 2. The van der Waals surface area contributed by atoms with Crippen molar-refractivity contribution in [3.05, 3.63) is 35.9 Å². The quantitative estimate of drug-likeness (QED) is 0.361. The number of nitrogens with one attached hydrogen (secondary N) is 1. The lowest BCUT2D eigenvalue weighted by atomic mass is 9.77. The van der Waals surface area contributed by atoms with Crippen molar-refractivity contribution < 1.29 is 18.5 Å². The lowest BCUT2D eigenvalue weighted by Crippen LogP contribution is -2.51.